The van der Waals surface area contributed by atoms with Crippen molar-refractivity contribution in [3.63, 3.8) is 0 Å². The number of thioether (sulfide) groups is 1. The summed E-state index contributed by atoms with van der Waals surface area (Å²) in [6, 6.07) is 20.5. The number of carbonyl (C=O) groups excluding carboxylic acids is 1. The Balaban J connectivity index is 1.45. The molecule has 1 unspecified atom stereocenters. The molecule has 0 radical (unpaired) electrons. The Morgan fingerprint density at radius 3 is 2.59 bits per heavy atom. The third-order valence-corrected chi connectivity index (χ3v) is 6.35. The number of benzene rings is 2. The second-order valence-corrected chi connectivity index (χ2v) is 8.53. The largest absolute Gasteiger partial charge is 0.335 e. The Morgan fingerprint density at radius 1 is 1.17 bits per heavy atom. The van der Waals surface area contributed by atoms with Gasteiger partial charge in [0.25, 0.3) is 0 Å². The maximum absolute atomic E-state index is 12.5. The highest BCUT2D eigenvalue weighted by Gasteiger charge is 2.21. The van der Waals surface area contributed by atoms with Crippen LogP contribution in [-0.2, 0) is 6.54 Å². The van der Waals surface area contributed by atoms with Gasteiger partial charge in [-0.1, -0.05) is 42.5 Å². The molecule has 0 saturated carbocycles. The van der Waals surface area contributed by atoms with Crippen molar-refractivity contribution in [2.24, 2.45) is 5.92 Å². The van der Waals surface area contributed by atoms with E-state index in [9.17, 15) is 4.79 Å². The van der Waals surface area contributed by atoms with Gasteiger partial charge >= 0.3 is 6.03 Å². The number of nitrogens with zero attached hydrogens (tertiary/aromatic N) is 2. The number of piperidine rings is 1. The van der Waals surface area contributed by atoms with E-state index in [0.29, 0.717) is 5.75 Å². The first-order chi connectivity index (χ1) is 14.1. The Bertz CT molecular complexity index is 828. The minimum Gasteiger partial charge on any atom is -0.335 e. The van der Waals surface area contributed by atoms with E-state index < -0.39 is 0 Å². The number of urea groups is 1. The lowest BCUT2D eigenvalue weighted by molar-refractivity contribution is 0.190. The summed E-state index contributed by atoms with van der Waals surface area (Å²) in [7, 11) is 0. The molecule has 0 aromatic heterocycles. The van der Waals surface area contributed by atoms with Crippen LogP contribution in [0.2, 0.25) is 0 Å². The molecule has 5 nitrogen and oxygen atoms in total. The summed E-state index contributed by atoms with van der Waals surface area (Å²) in [6.07, 6.45) is 1.91. The van der Waals surface area contributed by atoms with Gasteiger partial charge < -0.3 is 10.6 Å². The Kier molecular flexibility index (Phi) is 7.97. The van der Waals surface area contributed by atoms with Crippen molar-refractivity contribution < 1.29 is 4.79 Å². The lowest BCUT2D eigenvalue weighted by Crippen LogP contribution is -2.45. The quantitative estimate of drug-likeness (QED) is 0.650. The first-order valence-electron chi connectivity index (χ1n) is 10.1. The molecule has 1 aliphatic rings. The zero-order valence-corrected chi connectivity index (χ0v) is 17.6. The van der Waals surface area contributed by atoms with E-state index in [0.717, 1.165) is 43.1 Å². The minimum absolute atomic E-state index is 0.0250. The molecule has 3 rings (SSSR count). The van der Waals surface area contributed by atoms with Gasteiger partial charge in [0.15, 0.2) is 0 Å². The molecule has 6 heteroatoms. The number of nitrogens with one attached hydrogen (secondary N) is 2. The highest BCUT2D eigenvalue weighted by atomic mass is 32.2. The molecule has 1 heterocycles. The van der Waals surface area contributed by atoms with Crippen LogP contribution in [0.25, 0.3) is 0 Å². The van der Waals surface area contributed by atoms with Gasteiger partial charge in [0.1, 0.15) is 0 Å². The predicted molar refractivity (Wildman–Crippen MR) is 119 cm³/mol. The van der Waals surface area contributed by atoms with Gasteiger partial charge in [0.05, 0.1) is 17.7 Å². The molecule has 1 fully saturated rings. The summed E-state index contributed by atoms with van der Waals surface area (Å²) in [5.41, 5.74) is 2.12. The van der Waals surface area contributed by atoms with Crippen LogP contribution in [0.3, 0.4) is 0 Å². The van der Waals surface area contributed by atoms with Gasteiger partial charge in [-0.3, -0.25) is 4.90 Å². The number of para-hydroxylation sites is 1. The number of amides is 2. The highest BCUT2D eigenvalue weighted by molar-refractivity contribution is 7.99. The summed E-state index contributed by atoms with van der Waals surface area (Å²) < 4.78 is 0. The maximum Gasteiger partial charge on any atom is 0.319 e. The first kappa shape index (κ1) is 21.2. The average molecular weight is 409 g/mol. The normalized spacial score (nSPS) is 16.0. The van der Waals surface area contributed by atoms with Crippen LogP contribution in [0.5, 0.6) is 0 Å². The average Bonchev–Trinajstić information content (AvgIpc) is 2.75. The van der Waals surface area contributed by atoms with E-state index in [1.807, 2.05) is 37.3 Å². The van der Waals surface area contributed by atoms with E-state index in [2.05, 4.69) is 45.9 Å². The molecular weight excluding hydrogens is 380 g/mol. The first-order valence-corrected chi connectivity index (χ1v) is 11.1. The smallest absolute Gasteiger partial charge is 0.319 e. The molecule has 2 N–H and O–H groups in total. The molecular formula is C23H28N4OS. The zero-order valence-electron chi connectivity index (χ0n) is 16.8. The predicted octanol–water partition coefficient (Wildman–Crippen LogP) is 4.72. The molecule has 2 aromatic carbocycles. The Morgan fingerprint density at radius 2 is 1.86 bits per heavy atom. The van der Waals surface area contributed by atoms with Gasteiger partial charge in [-0.05, 0) is 37.5 Å². The van der Waals surface area contributed by atoms with E-state index in [1.165, 1.54) is 5.56 Å². The molecule has 152 valence electrons. The molecule has 2 aromatic rings. The molecule has 0 bridgehead atoms. The van der Waals surface area contributed by atoms with Crippen molar-refractivity contribution in [1.29, 1.82) is 5.26 Å². The van der Waals surface area contributed by atoms with Gasteiger partial charge in [0.2, 0.25) is 0 Å². The summed E-state index contributed by atoms with van der Waals surface area (Å²) in [5.74, 6) is 0.680. The van der Waals surface area contributed by atoms with Crippen molar-refractivity contribution in [1.82, 2.24) is 10.2 Å². The van der Waals surface area contributed by atoms with Crippen LogP contribution in [-0.4, -0.2) is 35.8 Å². The van der Waals surface area contributed by atoms with Crippen LogP contribution in [0, 0.1) is 17.2 Å². The molecule has 0 aliphatic carbocycles. The topological polar surface area (TPSA) is 68.2 Å². The molecule has 1 atom stereocenters. The number of anilines is 1. The van der Waals surface area contributed by atoms with Crippen LogP contribution < -0.4 is 10.6 Å². The maximum atomic E-state index is 12.5. The summed E-state index contributed by atoms with van der Waals surface area (Å²) >= 11 is 1.60. The number of carbonyl (C=O) groups is 1. The fourth-order valence-electron chi connectivity index (χ4n) is 3.37. The number of hydrogen-bond donors (Lipinski definition) is 2. The third kappa shape index (κ3) is 6.81. The van der Waals surface area contributed by atoms with E-state index in [1.54, 1.807) is 11.8 Å². The minimum atomic E-state index is -0.159. The zero-order chi connectivity index (χ0) is 20.5. The van der Waals surface area contributed by atoms with Crippen molar-refractivity contribution in [3.8, 4) is 6.07 Å². The molecule has 0 spiro atoms. The molecule has 2 amide bonds. The third-order valence-electron chi connectivity index (χ3n) is 5.02. The highest BCUT2D eigenvalue weighted by Crippen LogP contribution is 2.28. The van der Waals surface area contributed by atoms with E-state index in [-0.39, 0.29) is 18.0 Å². The number of nitriles is 1. The van der Waals surface area contributed by atoms with Crippen LogP contribution in [0.15, 0.2) is 59.5 Å². The lowest BCUT2D eigenvalue weighted by Gasteiger charge is -2.32. The van der Waals surface area contributed by atoms with Crippen molar-refractivity contribution in [2.45, 2.75) is 37.2 Å². The number of hydrogen-bond acceptors (Lipinski definition) is 4. The van der Waals surface area contributed by atoms with Gasteiger partial charge in [0, 0.05) is 36.3 Å². The molecule has 29 heavy (non-hydrogen) atoms. The fourth-order valence-corrected chi connectivity index (χ4v) is 4.32. The van der Waals surface area contributed by atoms with Crippen LogP contribution in [0.1, 0.15) is 25.3 Å². The summed E-state index contributed by atoms with van der Waals surface area (Å²) in [5, 5.41) is 15.1. The van der Waals surface area contributed by atoms with Crippen molar-refractivity contribution in [3.05, 3.63) is 60.2 Å². The van der Waals surface area contributed by atoms with Crippen molar-refractivity contribution >= 4 is 23.5 Å². The van der Waals surface area contributed by atoms with Gasteiger partial charge in [-0.2, -0.15) is 5.26 Å². The van der Waals surface area contributed by atoms with Crippen LogP contribution >= 0.6 is 11.8 Å². The SMILES string of the molecule is CC(C#N)CSc1ccccc1NC(=O)NC1CCN(Cc2ccccc2)CC1. The second kappa shape index (κ2) is 10.9. The lowest BCUT2D eigenvalue weighted by atomic mass is 10.0. The van der Waals surface area contributed by atoms with Crippen LogP contribution in [0.4, 0.5) is 10.5 Å². The molecule has 1 aliphatic heterocycles. The number of rotatable bonds is 7. The Hall–Kier alpha value is -2.49. The summed E-state index contributed by atoms with van der Waals surface area (Å²) in [4.78, 5) is 15.9. The summed E-state index contributed by atoms with van der Waals surface area (Å²) in [6.45, 7) is 4.84. The van der Waals surface area contributed by atoms with E-state index >= 15 is 0 Å². The fraction of sp³-hybridized carbons (Fsp3) is 0.391. The molecule has 1 saturated heterocycles. The Labute approximate surface area is 177 Å². The monoisotopic (exact) mass is 408 g/mol. The standard InChI is InChI=1S/C23H28N4OS/c1-18(15-24)17-29-22-10-6-5-9-21(22)26-23(28)25-20-11-13-27(14-12-20)16-19-7-3-2-4-8-19/h2-10,18,20H,11-14,16-17H2,1H3,(H2,25,26,28). The second-order valence-electron chi connectivity index (χ2n) is 7.47. The van der Waals surface area contributed by atoms with E-state index in [4.69, 9.17) is 5.26 Å². The number of likely N-dealkylation sites (tertiary alicyclic amines) is 1. The van der Waals surface area contributed by atoms with Gasteiger partial charge in [-0.15, -0.1) is 11.8 Å². The van der Waals surface area contributed by atoms with Crippen molar-refractivity contribution in [2.75, 3.05) is 24.2 Å². The van der Waals surface area contributed by atoms with Gasteiger partial charge in [-0.25, -0.2) is 4.79 Å².